The molecule has 6 heteroatoms. The van der Waals surface area contributed by atoms with Crippen LogP contribution in [0.5, 0.6) is 0 Å². The van der Waals surface area contributed by atoms with Crippen LogP contribution in [0.25, 0.3) is 0 Å². The molecule has 4 rings (SSSR count). The minimum Gasteiger partial charge on any atom is -0.342 e. The van der Waals surface area contributed by atoms with Crippen molar-refractivity contribution in [2.45, 2.75) is 38.5 Å². The molecule has 0 spiro atoms. The number of nitrogens with zero attached hydrogens (tertiary/aromatic N) is 3. The molecule has 3 aliphatic rings. The number of hydrogen-bond acceptors (Lipinski definition) is 3. The second kappa shape index (κ2) is 7.71. The summed E-state index contributed by atoms with van der Waals surface area (Å²) in [5.74, 6) is 0.509. The average molecular weight is 369 g/mol. The summed E-state index contributed by atoms with van der Waals surface area (Å²) >= 11 is 0. The zero-order valence-electron chi connectivity index (χ0n) is 15.7. The van der Waals surface area contributed by atoms with Gasteiger partial charge in [-0.3, -0.25) is 14.4 Å². The molecule has 0 aromatic heterocycles. The van der Waals surface area contributed by atoms with Crippen LogP contribution in [-0.4, -0.2) is 60.2 Å². The number of hydrogen-bond donors (Lipinski definition) is 0. The molecule has 0 atom stereocenters. The maximum absolute atomic E-state index is 12.8. The maximum Gasteiger partial charge on any atom is 0.253 e. The fraction of sp³-hybridized carbons (Fsp3) is 0.571. The predicted octanol–water partition coefficient (Wildman–Crippen LogP) is 2.29. The lowest BCUT2D eigenvalue weighted by Gasteiger charge is -2.33. The van der Waals surface area contributed by atoms with E-state index in [1.807, 2.05) is 34.1 Å². The number of carbonyl (C=O) groups is 3. The number of rotatable bonds is 3. The fourth-order valence-corrected chi connectivity index (χ4v) is 4.41. The number of benzene rings is 1. The molecule has 3 aliphatic heterocycles. The first-order valence-electron chi connectivity index (χ1n) is 10.1. The molecule has 144 valence electrons. The highest BCUT2D eigenvalue weighted by molar-refractivity contribution is 5.97. The van der Waals surface area contributed by atoms with Gasteiger partial charge in [-0.1, -0.05) is 0 Å². The lowest BCUT2D eigenvalue weighted by atomic mass is 9.95. The minimum absolute atomic E-state index is 0.0152. The second-order valence-corrected chi connectivity index (χ2v) is 7.79. The molecule has 3 heterocycles. The van der Waals surface area contributed by atoms with Crippen molar-refractivity contribution in [2.75, 3.05) is 37.6 Å². The first kappa shape index (κ1) is 18.0. The Labute approximate surface area is 160 Å². The van der Waals surface area contributed by atoms with Gasteiger partial charge in [0.25, 0.3) is 5.91 Å². The highest BCUT2D eigenvalue weighted by Crippen LogP contribution is 2.25. The van der Waals surface area contributed by atoms with E-state index < -0.39 is 0 Å². The summed E-state index contributed by atoms with van der Waals surface area (Å²) in [6.45, 7) is 3.81. The standard InChI is InChI=1S/C21H27N3O3/c25-19-4-3-13-24(19)18-7-5-16(6-8-18)20(26)23-14-9-17(10-15-23)21(27)22-11-1-2-12-22/h5-8,17H,1-4,9-15H2. The molecule has 0 bridgehead atoms. The van der Waals surface area contributed by atoms with E-state index in [9.17, 15) is 14.4 Å². The van der Waals surface area contributed by atoms with Crippen LogP contribution < -0.4 is 4.90 Å². The van der Waals surface area contributed by atoms with E-state index in [-0.39, 0.29) is 23.6 Å². The van der Waals surface area contributed by atoms with E-state index in [1.54, 1.807) is 4.90 Å². The molecular formula is C21H27N3O3. The zero-order valence-corrected chi connectivity index (χ0v) is 15.7. The molecule has 0 N–H and O–H groups in total. The first-order chi connectivity index (χ1) is 13.1. The summed E-state index contributed by atoms with van der Waals surface area (Å²) < 4.78 is 0. The van der Waals surface area contributed by atoms with Crippen LogP contribution in [0.15, 0.2) is 24.3 Å². The Balaban J connectivity index is 1.33. The molecule has 27 heavy (non-hydrogen) atoms. The van der Waals surface area contributed by atoms with Gasteiger partial charge in [0, 0.05) is 56.3 Å². The van der Waals surface area contributed by atoms with Gasteiger partial charge in [0.1, 0.15) is 0 Å². The predicted molar refractivity (Wildman–Crippen MR) is 102 cm³/mol. The van der Waals surface area contributed by atoms with Gasteiger partial charge in [0.15, 0.2) is 0 Å². The number of carbonyl (C=O) groups excluding carboxylic acids is 3. The van der Waals surface area contributed by atoms with Gasteiger partial charge < -0.3 is 14.7 Å². The van der Waals surface area contributed by atoms with Gasteiger partial charge in [-0.05, 0) is 56.4 Å². The van der Waals surface area contributed by atoms with Gasteiger partial charge >= 0.3 is 0 Å². The van der Waals surface area contributed by atoms with Crippen LogP contribution in [0.1, 0.15) is 48.9 Å². The molecule has 3 fully saturated rings. The van der Waals surface area contributed by atoms with Crippen molar-refractivity contribution in [2.24, 2.45) is 5.92 Å². The summed E-state index contributed by atoms with van der Waals surface area (Å²) in [5, 5.41) is 0. The Morgan fingerprint density at radius 1 is 0.815 bits per heavy atom. The van der Waals surface area contributed by atoms with Crippen molar-refractivity contribution in [1.29, 1.82) is 0 Å². The third-order valence-electron chi connectivity index (χ3n) is 6.05. The molecule has 6 nitrogen and oxygen atoms in total. The fourth-order valence-electron chi connectivity index (χ4n) is 4.41. The van der Waals surface area contributed by atoms with Crippen LogP contribution in [-0.2, 0) is 9.59 Å². The third-order valence-corrected chi connectivity index (χ3v) is 6.05. The third kappa shape index (κ3) is 3.70. The highest BCUT2D eigenvalue weighted by atomic mass is 16.2. The molecule has 3 saturated heterocycles. The van der Waals surface area contributed by atoms with Crippen LogP contribution >= 0.6 is 0 Å². The topological polar surface area (TPSA) is 60.9 Å². The summed E-state index contributed by atoms with van der Waals surface area (Å²) in [7, 11) is 0. The Morgan fingerprint density at radius 3 is 2.07 bits per heavy atom. The maximum atomic E-state index is 12.8. The lowest BCUT2D eigenvalue weighted by Crippen LogP contribution is -2.43. The van der Waals surface area contributed by atoms with Crippen molar-refractivity contribution in [3.05, 3.63) is 29.8 Å². The second-order valence-electron chi connectivity index (χ2n) is 7.79. The Kier molecular flexibility index (Phi) is 5.14. The van der Waals surface area contributed by atoms with E-state index in [0.717, 1.165) is 57.4 Å². The minimum atomic E-state index is 0.0152. The normalized spacial score (nSPS) is 21.2. The molecular weight excluding hydrogens is 342 g/mol. The van der Waals surface area contributed by atoms with E-state index in [2.05, 4.69) is 0 Å². The van der Waals surface area contributed by atoms with Gasteiger partial charge in [-0.2, -0.15) is 0 Å². The molecule has 1 aromatic rings. The Morgan fingerprint density at radius 2 is 1.48 bits per heavy atom. The molecule has 0 radical (unpaired) electrons. The van der Waals surface area contributed by atoms with Crippen molar-refractivity contribution in [3.8, 4) is 0 Å². The van der Waals surface area contributed by atoms with Crippen LogP contribution in [0.4, 0.5) is 5.69 Å². The van der Waals surface area contributed by atoms with Crippen LogP contribution in [0.2, 0.25) is 0 Å². The molecule has 0 saturated carbocycles. The smallest absolute Gasteiger partial charge is 0.253 e. The van der Waals surface area contributed by atoms with Gasteiger partial charge in [-0.25, -0.2) is 0 Å². The van der Waals surface area contributed by atoms with Crippen molar-refractivity contribution in [3.63, 3.8) is 0 Å². The SMILES string of the molecule is O=C(c1ccc(N2CCCC2=O)cc1)N1CCC(C(=O)N2CCCC2)CC1. The largest absolute Gasteiger partial charge is 0.342 e. The average Bonchev–Trinajstić information content (AvgIpc) is 3.39. The van der Waals surface area contributed by atoms with E-state index in [0.29, 0.717) is 25.1 Å². The molecule has 3 amide bonds. The zero-order chi connectivity index (χ0) is 18.8. The number of piperidine rings is 1. The van der Waals surface area contributed by atoms with Crippen LogP contribution in [0, 0.1) is 5.92 Å². The molecule has 0 unspecified atom stereocenters. The summed E-state index contributed by atoms with van der Waals surface area (Å²) in [4.78, 5) is 42.8. The summed E-state index contributed by atoms with van der Waals surface area (Å²) in [6, 6.07) is 7.34. The van der Waals surface area contributed by atoms with Crippen molar-refractivity contribution in [1.82, 2.24) is 9.80 Å². The summed E-state index contributed by atoms with van der Waals surface area (Å²) in [5.41, 5.74) is 1.51. The Bertz CT molecular complexity index is 717. The van der Waals surface area contributed by atoms with Gasteiger partial charge in [-0.15, -0.1) is 0 Å². The lowest BCUT2D eigenvalue weighted by molar-refractivity contribution is -0.135. The van der Waals surface area contributed by atoms with Gasteiger partial charge in [0.05, 0.1) is 0 Å². The monoisotopic (exact) mass is 369 g/mol. The quantitative estimate of drug-likeness (QED) is 0.821. The van der Waals surface area contributed by atoms with E-state index >= 15 is 0 Å². The van der Waals surface area contributed by atoms with Crippen molar-refractivity contribution >= 4 is 23.4 Å². The molecule has 0 aliphatic carbocycles. The van der Waals surface area contributed by atoms with E-state index in [4.69, 9.17) is 0 Å². The number of anilines is 1. The van der Waals surface area contributed by atoms with Gasteiger partial charge in [0.2, 0.25) is 11.8 Å². The number of likely N-dealkylation sites (tertiary alicyclic amines) is 2. The van der Waals surface area contributed by atoms with Crippen LogP contribution in [0.3, 0.4) is 0 Å². The Hall–Kier alpha value is -2.37. The number of amides is 3. The highest BCUT2D eigenvalue weighted by Gasteiger charge is 2.31. The van der Waals surface area contributed by atoms with E-state index in [1.165, 1.54) is 0 Å². The van der Waals surface area contributed by atoms with Crippen molar-refractivity contribution < 1.29 is 14.4 Å². The summed E-state index contributed by atoms with van der Waals surface area (Å²) in [6.07, 6.45) is 5.23. The first-order valence-corrected chi connectivity index (χ1v) is 10.1. The molecule has 1 aromatic carbocycles.